The molecule has 128 valence electrons. The van der Waals surface area contributed by atoms with Crippen molar-refractivity contribution < 1.29 is 13.6 Å². The van der Waals surface area contributed by atoms with Crippen LogP contribution in [0.15, 0.2) is 52.9 Å². The first-order valence-electron chi connectivity index (χ1n) is 7.69. The Morgan fingerprint density at radius 2 is 1.80 bits per heavy atom. The number of aromatic nitrogens is 2. The minimum Gasteiger partial charge on any atom is -0.421 e. The molecule has 0 spiro atoms. The highest BCUT2D eigenvalue weighted by molar-refractivity contribution is 6.30. The summed E-state index contributed by atoms with van der Waals surface area (Å²) in [6.07, 6.45) is 0.569. The molecule has 0 aliphatic carbocycles. The Hall–Kier alpha value is -2.73. The molecule has 0 bridgehead atoms. The van der Waals surface area contributed by atoms with Gasteiger partial charge in [-0.2, -0.15) is 0 Å². The standard InChI is InChI=1S/C18H15ClFN3O2/c19-14-5-3-13(4-6-14)18-23-22-17(25-18)10-9-16(24)21-11-12-1-7-15(20)8-2-12/h1-8H,9-11H2,(H,21,24). The van der Waals surface area contributed by atoms with E-state index < -0.39 is 0 Å². The molecule has 7 heteroatoms. The van der Waals surface area contributed by atoms with Crippen LogP contribution in [-0.2, 0) is 17.8 Å². The number of benzene rings is 2. The summed E-state index contributed by atoms with van der Waals surface area (Å²) >= 11 is 5.84. The molecule has 1 aromatic heterocycles. The number of rotatable bonds is 6. The predicted molar refractivity (Wildman–Crippen MR) is 91.3 cm³/mol. The molecule has 0 radical (unpaired) electrons. The summed E-state index contributed by atoms with van der Waals surface area (Å²) in [7, 11) is 0. The van der Waals surface area contributed by atoms with E-state index in [4.69, 9.17) is 16.0 Å². The Morgan fingerprint density at radius 3 is 2.52 bits per heavy atom. The minimum absolute atomic E-state index is 0.143. The molecule has 0 saturated carbocycles. The number of amides is 1. The van der Waals surface area contributed by atoms with Crippen LogP contribution in [0.2, 0.25) is 5.02 Å². The highest BCUT2D eigenvalue weighted by atomic mass is 35.5. The number of halogens is 2. The lowest BCUT2D eigenvalue weighted by atomic mass is 10.2. The van der Waals surface area contributed by atoms with Gasteiger partial charge in [-0.1, -0.05) is 23.7 Å². The van der Waals surface area contributed by atoms with Gasteiger partial charge in [-0.15, -0.1) is 10.2 Å². The molecule has 0 aliphatic heterocycles. The lowest BCUT2D eigenvalue weighted by Gasteiger charge is -2.04. The van der Waals surface area contributed by atoms with E-state index in [1.807, 2.05) is 0 Å². The number of carbonyl (C=O) groups is 1. The van der Waals surface area contributed by atoms with Crippen LogP contribution in [-0.4, -0.2) is 16.1 Å². The van der Waals surface area contributed by atoms with Gasteiger partial charge >= 0.3 is 0 Å². The van der Waals surface area contributed by atoms with Crippen LogP contribution in [0.25, 0.3) is 11.5 Å². The van der Waals surface area contributed by atoms with Gasteiger partial charge in [0.25, 0.3) is 0 Å². The van der Waals surface area contributed by atoms with Gasteiger partial charge in [0.05, 0.1) is 0 Å². The third-order valence-corrected chi connectivity index (χ3v) is 3.78. The van der Waals surface area contributed by atoms with E-state index >= 15 is 0 Å². The molecule has 2 aromatic carbocycles. The maximum absolute atomic E-state index is 12.8. The molecule has 3 aromatic rings. The molecule has 0 aliphatic rings. The van der Waals surface area contributed by atoms with E-state index in [1.165, 1.54) is 12.1 Å². The van der Waals surface area contributed by atoms with Crippen LogP contribution < -0.4 is 5.32 Å². The zero-order valence-electron chi connectivity index (χ0n) is 13.2. The smallest absolute Gasteiger partial charge is 0.247 e. The topological polar surface area (TPSA) is 68.0 Å². The number of hydrogen-bond acceptors (Lipinski definition) is 4. The van der Waals surface area contributed by atoms with Crippen LogP contribution in [0.5, 0.6) is 0 Å². The van der Waals surface area contributed by atoms with Crippen LogP contribution in [0, 0.1) is 5.82 Å². The average molecular weight is 360 g/mol. The van der Waals surface area contributed by atoms with Crippen LogP contribution in [0.3, 0.4) is 0 Å². The van der Waals surface area contributed by atoms with Gasteiger partial charge in [-0.25, -0.2) is 4.39 Å². The van der Waals surface area contributed by atoms with Gasteiger partial charge in [-0.05, 0) is 42.0 Å². The summed E-state index contributed by atoms with van der Waals surface area (Å²) in [6.45, 7) is 0.346. The summed E-state index contributed by atoms with van der Waals surface area (Å²) in [6, 6.07) is 13.0. The molecule has 1 N–H and O–H groups in total. The second-order valence-corrected chi connectivity index (χ2v) is 5.85. The normalized spacial score (nSPS) is 10.6. The first kappa shape index (κ1) is 17.1. The van der Waals surface area contributed by atoms with E-state index in [0.29, 0.717) is 29.8 Å². The third-order valence-electron chi connectivity index (χ3n) is 3.53. The van der Waals surface area contributed by atoms with E-state index in [9.17, 15) is 9.18 Å². The molecular weight excluding hydrogens is 345 g/mol. The quantitative estimate of drug-likeness (QED) is 0.727. The number of nitrogens with one attached hydrogen (secondary N) is 1. The first-order valence-corrected chi connectivity index (χ1v) is 8.07. The van der Waals surface area contributed by atoms with Crippen molar-refractivity contribution in [2.45, 2.75) is 19.4 Å². The molecule has 0 unspecified atom stereocenters. The number of nitrogens with zero attached hydrogens (tertiary/aromatic N) is 2. The Labute approximate surface area is 148 Å². The molecular formula is C18H15ClFN3O2. The van der Waals surface area contributed by atoms with Crippen molar-refractivity contribution in [3.05, 3.63) is 70.8 Å². The highest BCUT2D eigenvalue weighted by Crippen LogP contribution is 2.20. The van der Waals surface area contributed by atoms with E-state index in [-0.39, 0.29) is 18.1 Å². The molecule has 1 heterocycles. The number of aryl methyl sites for hydroxylation is 1. The van der Waals surface area contributed by atoms with Crippen molar-refractivity contribution in [2.75, 3.05) is 0 Å². The first-order chi connectivity index (χ1) is 12.1. The highest BCUT2D eigenvalue weighted by Gasteiger charge is 2.10. The summed E-state index contributed by atoms with van der Waals surface area (Å²) in [5.41, 5.74) is 1.60. The fraction of sp³-hybridized carbons (Fsp3) is 0.167. The Morgan fingerprint density at radius 1 is 1.08 bits per heavy atom. The minimum atomic E-state index is -0.303. The van der Waals surface area contributed by atoms with Crippen molar-refractivity contribution in [3.8, 4) is 11.5 Å². The Bertz CT molecular complexity index is 848. The zero-order valence-corrected chi connectivity index (χ0v) is 14.0. The van der Waals surface area contributed by atoms with Crippen LogP contribution in [0.1, 0.15) is 17.9 Å². The van der Waals surface area contributed by atoms with E-state index in [1.54, 1.807) is 36.4 Å². The summed E-state index contributed by atoms with van der Waals surface area (Å²) < 4.78 is 18.4. The lowest BCUT2D eigenvalue weighted by Crippen LogP contribution is -2.23. The van der Waals surface area contributed by atoms with Crippen LogP contribution in [0.4, 0.5) is 4.39 Å². The molecule has 25 heavy (non-hydrogen) atoms. The number of hydrogen-bond donors (Lipinski definition) is 1. The lowest BCUT2D eigenvalue weighted by molar-refractivity contribution is -0.121. The maximum atomic E-state index is 12.8. The second-order valence-electron chi connectivity index (χ2n) is 5.41. The predicted octanol–water partition coefficient (Wildman–Crippen LogP) is 3.78. The van der Waals surface area contributed by atoms with Gasteiger partial charge in [0, 0.05) is 30.0 Å². The SMILES string of the molecule is O=C(CCc1nnc(-c2ccc(Cl)cc2)o1)NCc1ccc(F)cc1. The summed E-state index contributed by atoms with van der Waals surface area (Å²) in [4.78, 5) is 11.9. The second kappa shape index (κ2) is 7.90. The summed E-state index contributed by atoms with van der Waals surface area (Å²) in [5, 5.41) is 11.3. The van der Waals surface area contributed by atoms with Crippen molar-refractivity contribution in [3.63, 3.8) is 0 Å². The van der Waals surface area contributed by atoms with Crippen molar-refractivity contribution >= 4 is 17.5 Å². The fourth-order valence-electron chi connectivity index (χ4n) is 2.18. The van der Waals surface area contributed by atoms with Gasteiger partial charge in [0.2, 0.25) is 17.7 Å². The van der Waals surface area contributed by atoms with Gasteiger partial charge in [-0.3, -0.25) is 4.79 Å². The number of carbonyl (C=O) groups excluding carboxylic acids is 1. The summed E-state index contributed by atoms with van der Waals surface area (Å²) in [5.74, 6) is 0.332. The van der Waals surface area contributed by atoms with Crippen LogP contribution >= 0.6 is 11.6 Å². The molecule has 3 rings (SSSR count). The average Bonchev–Trinajstić information content (AvgIpc) is 3.09. The van der Waals surface area contributed by atoms with E-state index in [0.717, 1.165) is 11.1 Å². The van der Waals surface area contributed by atoms with E-state index in [2.05, 4.69) is 15.5 Å². The van der Waals surface area contributed by atoms with Gasteiger partial charge < -0.3 is 9.73 Å². The van der Waals surface area contributed by atoms with Crippen molar-refractivity contribution in [2.24, 2.45) is 0 Å². The third kappa shape index (κ3) is 4.87. The molecule has 1 amide bonds. The Balaban J connectivity index is 1.49. The maximum Gasteiger partial charge on any atom is 0.247 e. The molecule has 0 saturated heterocycles. The molecule has 0 fully saturated rings. The van der Waals surface area contributed by atoms with Crippen molar-refractivity contribution in [1.29, 1.82) is 0 Å². The molecule has 0 atom stereocenters. The largest absolute Gasteiger partial charge is 0.421 e. The zero-order chi connectivity index (χ0) is 17.6. The molecule has 5 nitrogen and oxygen atoms in total. The van der Waals surface area contributed by atoms with Crippen molar-refractivity contribution in [1.82, 2.24) is 15.5 Å². The van der Waals surface area contributed by atoms with Gasteiger partial charge in [0.15, 0.2) is 0 Å². The Kier molecular flexibility index (Phi) is 5.40. The fourth-order valence-corrected chi connectivity index (χ4v) is 2.30. The monoisotopic (exact) mass is 359 g/mol. The van der Waals surface area contributed by atoms with Gasteiger partial charge in [0.1, 0.15) is 5.82 Å².